The van der Waals surface area contributed by atoms with Gasteiger partial charge >= 0.3 is 0 Å². The van der Waals surface area contributed by atoms with Crippen molar-refractivity contribution in [3.8, 4) is 6.07 Å². The fourth-order valence-corrected chi connectivity index (χ4v) is 2.92. The third-order valence-electron chi connectivity index (χ3n) is 4.22. The molecule has 4 nitrogen and oxygen atoms in total. The molecule has 1 aliphatic heterocycles. The molecule has 0 radical (unpaired) electrons. The molecule has 2 aromatic rings. The van der Waals surface area contributed by atoms with Gasteiger partial charge in [-0.15, -0.1) is 0 Å². The predicted octanol–water partition coefficient (Wildman–Crippen LogP) is 2.59. The van der Waals surface area contributed by atoms with Crippen molar-refractivity contribution >= 4 is 11.6 Å². The van der Waals surface area contributed by atoms with Crippen molar-refractivity contribution in [2.24, 2.45) is 0 Å². The molecule has 0 N–H and O–H groups in total. The minimum Gasteiger partial charge on any atom is -0.368 e. The van der Waals surface area contributed by atoms with Crippen molar-refractivity contribution in [1.82, 2.24) is 4.90 Å². The quantitative estimate of drug-likeness (QED) is 0.872. The van der Waals surface area contributed by atoms with Gasteiger partial charge in [0.2, 0.25) is 5.91 Å². The lowest BCUT2D eigenvalue weighted by Gasteiger charge is -2.36. The van der Waals surface area contributed by atoms with Crippen molar-refractivity contribution in [3.05, 3.63) is 65.5 Å². The first-order valence-corrected chi connectivity index (χ1v) is 7.93. The molecule has 24 heavy (non-hydrogen) atoms. The predicted molar refractivity (Wildman–Crippen MR) is 90.1 cm³/mol. The average molecular weight is 323 g/mol. The van der Waals surface area contributed by atoms with Gasteiger partial charge in [-0.25, -0.2) is 4.39 Å². The highest BCUT2D eigenvalue weighted by Crippen LogP contribution is 2.18. The lowest BCUT2D eigenvalue weighted by Crippen LogP contribution is -2.49. The Balaban J connectivity index is 1.58. The molecule has 2 aromatic carbocycles. The summed E-state index contributed by atoms with van der Waals surface area (Å²) in [6, 6.07) is 15.8. The topological polar surface area (TPSA) is 47.3 Å². The van der Waals surface area contributed by atoms with E-state index in [4.69, 9.17) is 5.26 Å². The number of rotatable bonds is 3. The maximum Gasteiger partial charge on any atom is 0.227 e. The normalized spacial score (nSPS) is 14.3. The molecule has 5 heteroatoms. The number of piperazine rings is 1. The minimum atomic E-state index is -0.317. The number of hydrogen-bond donors (Lipinski definition) is 0. The molecule has 122 valence electrons. The molecule has 0 aromatic heterocycles. The average Bonchev–Trinajstić information content (AvgIpc) is 2.62. The number of carbonyl (C=O) groups is 1. The van der Waals surface area contributed by atoms with Crippen molar-refractivity contribution in [3.63, 3.8) is 0 Å². The Hall–Kier alpha value is -2.87. The van der Waals surface area contributed by atoms with Gasteiger partial charge in [-0.2, -0.15) is 5.26 Å². The first kappa shape index (κ1) is 16.0. The first-order chi connectivity index (χ1) is 11.7. The van der Waals surface area contributed by atoms with Gasteiger partial charge in [0, 0.05) is 31.9 Å². The van der Waals surface area contributed by atoms with Gasteiger partial charge in [-0.3, -0.25) is 4.79 Å². The van der Waals surface area contributed by atoms with Crippen LogP contribution in [-0.4, -0.2) is 37.0 Å². The van der Waals surface area contributed by atoms with Crippen LogP contribution in [0.3, 0.4) is 0 Å². The summed E-state index contributed by atoms with van der Waals surface area (Å²) < 4.78 is 13.2. The van der Waals surface area contributed by atoms with E-state index < -0.39 is 0 Å². The third-order valence-corrected chi connectivity index (χ3v) is 4.22. The maximum atomic E-state index is 13.2. The molecular weight excluding hydrogens is 305 g/mol. The summed E-state index contributed by atoms with van der Waals surface area (Å²) >= 11 is 0. The lowest BCUT2D eigenvalue weighted by atomic mass is 10.1. The highest BCUT2D eigenvalue weighted by atomic mass is 19.1. The van der Waals surface area contributed by atoms with Crippen LogP contribution in [0.5, 0.6) is 0 Å². The van der Waals surface area contributed by atoms with Crippen LogP contribution in [0.15, 0.2) is 48.5 Å². The molecule has 0 bridgehead atoms. The first-order valence-electron chi connectivity index (χ1n) is 7.93. The van der Waals surface area contributed by atoms with E-state index in [9.17, 15) is 9.18 Å². The molecule has 1 heterocycles. The molecule has 0 aliphatic carbocycles. The molecule has 0 unspecified atom stereocenters. The van der Waals surface area contributed by atoms with E-state index in [1.807, 2.05) is 23.1 Å². The molecule has 1 amide bonds. The number of nitriles is 1. The Bertz CT molecular complexity index is 776. The Morgan fingerprint density at radius 3 is 2.54 bits per heavy atom. The summed E-state index contributed by atoms with van der Waals surface area (Å²) in [5, 5.41) is 8.99. The van der Waals surface area contributed by atoms with E-state index in [0.29, 0.717) is 24.2 Å². The van der Waals surface area contributed by atoms with Crippen LogP contribution in [0, 0.1) is 17.1 Å². The van der Waals surface area contributed by atoms with Crippen molar-refractivity contribution < 1.29 is 9.18 Å². The number of amides is 1. The molecule has 1 aliphatic rings. The van der Waals surface area contributed by atoms with Crippen molar-refractivity contribution in [1.29, 1.82) is 5.26 Å². The van der Waals surface area contributed by atoms with Crippen molar-refractivity contribution in [2.45, 2.75) is 6.42 Å². The summed E-state index contributed by atoms with van der Waals surface area (Å²) in [6.07, 6.45) is 0.224. The molecule has 0 saturated carbocycles. The zero-order valence-corrected chi connectivity index (χ0v) is 13.3. The fourth-order valence-electron chi connectivity index (χ4n) is 2.92. The second-order valence-corrected chi connectivity index (χ2v) is 5.84. The van der Waals surface area contributed by atoms with E-state index >= 15 is 0 Å². The van der Waals surface area contributed by atoms with Crippen LogP contribution < -0.4 is 4.90 Å². The number of benzene rings is 2. The zero-order valence-electron chi connectivity index (χ0n) is 13.3. The maximum absolute atomic E-state index is 13.2. The Labute approximate surface area is 140 Å². The summed E-state index contributed by atoms with van der Waals surface area (Å²) in [4.78, 5) is 16.4. The van der Waals surface area contributed by atoms with E-state index in [1.54, 1.807) is 18.2 Å². The van der Waals surface area contributed by atoms with Crippen LogP contribution >= 0.6 is 0 Å². The van der Waals surface area contributed by atoms with Crippen LogP contribution in [0.4, 0.5) is 10.1 Å². The number of carbonyl (C=O) groups excluding carboxylic acids is 1. The highest BCUT2D eigenvalue weighted by molar-refractivity contribution is 5.79. The van der Waals surface area contributed by atoms with Gasteiger partial charge in [0.05, 0.1) is 18.1 Å². The Kier molecular flexibility index (Phi) is 4.76. The summed E-state index contributed by atoms with van der Waals surface area (Å²) in [5.74, 6) is -0.298. The number of nitrogens with zero attached hydrogens (tertiary/aromatic N) is 3. The molecule has 0 atom stereocenters. The van der Waals surface area contributed by atoms with E-state index in [1.165, 1.54) is 12.1 Å². The molecular formula is C19H18FN3O. The molecule has 3 rings (SSSR count). The van der Waals surface area contributed by atoms with Gasteiger partial charge in [-0.1, -0.05) is 18.2 Å². The highest BCUT2D eigenvalue weighted by Gasteiger charge is 2.21. The van der Waals surface area contributed by atoms with Crippen LogP contribution in [0.25, 0.3) is 0 Å². The molecule has 1 fully saturated rings. The Morgan fingerprint density at radius 1 is 1.08 bits per heavy atom. The van der Waals surface area contributed by atoms with Crippen LogP contribution in [-0.2, 0) is 11.2 Å². The van der Waals surface area contributed by atoms with Gasteiger partial charge in [0.1, 0.15) is 5.82 Å². The standard InChI is InChI=1S/C19H18FN3O/c20-17-5-1-3-15(11-17)13-19(24)23-9-7-22(8-10-23)18-6-2-4-16(12-18)14-21/h1-6,11-12H,7-10,13H2. The zero-order chi connectivity index (χ0) is 16.9. The monoisotopic (exact) mass is 323 g/mol. The third kappa shape index (κ3) is 3.72. The summed E-state index contributed by atoms with van der Waals surface area (Å²) in [5.41, 5.74) is 2.34. The number of anilines is 1. The lowest BCUT2D eigenvalue weighted by molar-refractivity contribution is -0.130. The number of hydrogen-bond acceptors (Lipinski definition) is 3. The second-order valence-electron chi connectivity index (χ2n) is 5.84. The van der Waals surface area contributed by atoms with E-state index in [2.05, 4.69) is 11.0 Å². The fraction of sp³-hybridized carbons (Fsp3) is 0.263. The Morgan fingerprint density at radius 2 is 1.83 bits per heavy atom. The largest absolute Gasteiger partial charge is 0.368 e. The second kappa shape index (κ2) is 7.14. The smallest absolute Gasteiger partial charge is 0.227 e. The van der Waals surface area contributed by atoms with Gasteiger partial charge < -0.3 is 9.80 Å². The summed E-state index contributed by atoms with van der Waals surface area (Å²) in [7, 11) is 0. The summed E-state index contributed by atoms with van der Waals surface area (Å²) in [6.45, 7) is 2.71. The van der Waals surface area contributed by atoms with Gasteiger partial charge in [0.25, 0.3) is 0 Å². The van der Waals surface area contributed by atoms with Gasteiger partial charge in [-0.05, 0) is 35.9 Å². The van der Waals surface area contributed by atoms with E-state index in [0.717, 1.165) is 18.8 Å². The van der Waals surface area contributed by atoms with Gasteiger partial charge in [0.15, 0.2) is 0 Å². The van der Waals surface area contributed by atoms with Crippen LogP contribution in [0.1, 0.15) is 11.1 Å². The van der Waals surface area contributed by atoms with Crippen LogP contribution in [0.2, 0.25) is 0 Å². The molecule has 1 saturated heterocycles. The SMILES string of the molecule is N#Cc1cccc(N2CCN(C(=O)Cc3cccc(F)c3)CC2)c1. The van der Waals surface area contributed by atoms with Crippen molar-refractivity contribution in [2.75, 3.05) is 31.1 Å². The molecule has 0 spiro atoms. The van der Waals surface area contributed by atoms with E-state index in [-0.39, 0.29) is 18.1 Å². The number of halogens is 1. The minimum absolute atomic E-state index is 0.0195.